The molecule has 13 heavy (non-hydrogen) atoms. The molecule has 0 rings (SSSR count). The summed E-state index contributed by atoms with van der Waals surface area (Å²) < 4.78 is 64.3. The summed E-state index contributed by atoms with van der Waals surface area (Å²) in [6.45, 7) is 0. The van der Waals surface area contributed by atoms with Crippen molar-refractivity contribution in [3.63, 3.8) is 0 Å². The SMILES string of the molecule is O=P(O)(O)[O][Mo](=[O])(=[O])[O][W](=[O])(=[O])[OH]. The van der Waals surface area contributed by atoms with Crippen molar-refractivity contribution in [2.45, 2.75) is 0 Å². The van der Waals surface area contributed by atoms with Gasteiger partial charge in [0.2, 0.25) is 0 Å². The van der Waals surface area contributed by atoms with Crippen LogP contribution in [0.2, 0.25) is 0 Å². The van der Waals surface area contributed by atoms with Gasteiger partial charge in [-0.25, -0.2) is 0 Å². The third-order valence-corrected chi connectivity index (χ3v) is 11.5. The average Bonchev–Trinajstić information content (AvgIpc) is 1.43. The van der Waals surface area contributed by atoms with Gasteiger partial charge in [0.15, 0.2) is 0 Å². The first-order chi connectivity index (χ1) is 5.41. The third-order valence-electron chi connectivity index (χ3n) is 0.358. The molecule has 0 amide bonds. The molecule has 0 heterocycles. The van der Waals surface area contributed by atoms with E-state index in [2.05, 4.69) is 5.22 Å². The summed E-state index contributed by atoms with van der Waals surface area (Å²) in [4.78, 5) is 15.9. The van der Waals surface area contributed by atoms with E-state index in [1.807, 2.05) is 0 Å². The second-order valence-corrected chi connectivity index (χ2v) is 12.0. The van der Waals surface area contributed by atoms with Gasteiger partial charge in [0.1, 0.15) is 0 Å². The van der Waals surface area contributed by atoms with Crippen LogP contribution < -0.4 is 0 Å². The summed E-state index contributed by atoms with van der Waals surface area (Å²) in [5.74, 6) is 0. The molecule has 0 fully saturated rings. The minimum absolute atomic E-state index is 3.02. The fraction of sp³-hybridized carbons (Fsp3) is 0. The molecular formula is H3MoO10PW. The maximum absolute atomic E-state index is 10.3. The monoisotopic (exact) mass is 476 g/mol. The molecule has 0 saturated carbocycles. The molecule has 0 aliphatic carbocycles. The Bertz CT molecular complexity index is 404. The van der Waals surface area contributed by atoms with Crippen molar-refractivity contribution in [2.24, 2.45) is 0 Å². The summed E-state index contributed by atoms with van der Waals surface area (Å²) >= 11 is -13.1. The molecule has 13 heteroatoms. The molecule has 10 nitrogen and oxygen atoms in total. The topological polar surface area (TPSA) is 164 Å². The van der Waals surface area contributed by atoms with Gasteiger partial charge < -0.3 is 0 Å². The van der Waals surface area contributed by atoms with Crippen LogP contribution in [0.1, 0.15) is 0 Å². The van der Waals surface area contributed by atoms with E-state index in [4.69, 9.17) is 13.5 Å². The minimum atomic E-state index is -6.57. The third kappa shape index (κ3) is 8.92. The van der Waals surface area contributed by atoms with Crippen LogP contribution in [0, 0.1) is 0 Å². The molecule has 0 aliphatic heterocycles. The molecule has 80 valence electrons. The van der Waals surface area contributed by atoms with Gasteiger partial charge in [0, 0.05) is 0 Å². The van der Waals surface area contributed by atoms with Gasteiger partial charge in [-0.3, -0.25) is 0 Å². The molecule has 0 aromatic carbocycles. The second kappa shape index (κ2) is 4.00. The van der Waals surface area contributed by atoms with Crippen LogP contribution in [0.3, 0.4) is 0 Å². The first-order valence-electron chi connectivity index (χ1n) is 2.11. The number of phosphoric acid groups is 1. The van der Waals surface area contributed by atoms with Gasteiger partial charge in [-0.1, -0.05) is 0 Å². The van der Waals surface area contributed by atoms with Crippen LogP contribution in [-0.2, 0) is 56.9 Å². The van der Waals surface area contributed by atoms with Gasteiger partial charge in [-0.15, -0.1) is 0 Å². The zero-order chi connectivity index (χ0) is 10.9. The molecule has 0 aliphatic rings. The quantitative estimate of drug-likeness (QED) is 0.321. The summed E-state index contributed by atoms with van der Waals surface area (Å²) in [6, 6.07) is 0. The molecule has 0 saturated heterocycles. The van der Waals surface area contributed by atoms with E-state index >= 15 is 0 Å². The summed E-state index contributed by atoms with van der Waals surface area (Å²) in [6.07, 6.45) is 0. The van der Waals surface area contributed by atoms with E-state index in [1.165, 1.54) is 0 Å². The summed E-state index contributed by atoms with van der Waals surface area (Å²) in [7, 11) is -5.39. The molecule has 0 radical (unpaired) electrons. The van der Waals surface area contributed by atoms with Gasteiger partial charge in [-0.2, -0.15) is 0 Å². The van der Waals surface area contributed by atoms with Crippen molar-refractivity contribution in [1.29, 1.82) is 0 Å². The summed E-state index contributed by atoms with van der Waals surface area (Å²) in [5.41, 5.74) is 0. The van der Waals surface area contributed by atoms with Gasteiger partial charge in [0.05, 0.1) is 0 Å². The zero-order valence-electron chi connectivity index (χ0n) is 5.46. The van der Waals surface area contributed by atoms with Crippen molar-refractivity contribution in [3.05, 3.63) is 0 Å². The van der Waals surface area contributed by atoms with Crippen LogP contribution >= 0.6 is 7.82 Å². The fourth-order valence-corrected chi connectivity index (χ4v) is 9.01. The maximum atomic E-state index is 10.3. The molecule has 3 N–H and O–H groups in total. The Hall–Kier alpha value is 0.607. The van der Waals surface area contributed by atoms with Crippen molar-refractivity contribution >= 4 is 7.82 Å². The van der Waals surface area contributed by atoms with E-state index in [-0.39, 0.29) is 0 Å². The van der Waals surface area contributed by atoms with E-state index in [1.54, 1.807) is 0 Å². The molecule has 0 aromatic rings. The van der Waals surface area contributed by atoms with Crippen molar-refractivity contribution in [1.82, 2.24) is 0 Å². The molecule has 0 atom stereocenters. The predicted octanol–water partition coefficient (Wildman–Crippen LogP) is -1.55. The Kier molecular flexibility index (Phi) is 4.19. The normalized spacial score (nSPS) is 14.4. The van der Waals surface area contributed by atoms with Gasteiger partial charge >= 0.3 is 78.2 Å². The molecule has 0 bridgehead atoms. The molecular weight excluding hydrogens is 471 g/mol. The Labute approximate surface area is 78.2 Å². The van der Waals surface area contributed by atoms with Gasteiger partial charge in [-0.05, 0) is 0 Å². The van der Waals surface area contributed by atoms with E-state index in [0.29, 0.717) is 0 Å². The van der Waals surface area contributed by atoms with Crippen molar-refractivity contribution in [2.75, 3.05) is 0 Å². The first-order valence-corrected chi connectivity index (χ1v) is 11.8. The number of hydrogen-bond acceptors (Lipinski definition) is 7. The van der Waals surface area contributed by atoms with Crippen molar-refractivity contribution in [3.8, 4) is 0 Å². The van der Waals surface area contributed by atoms with Crippen LogP contribution in [0.4, 0.5) is 0 Å². The first kappa shape index (κ1) is 13.6. The van der Waals surface area contributed by atoms with Gasteiger partial charge in [0.25, 0.3) is 0 Å². The number of rotatable bonds is 4. The Balaban J connectivity index is 4.75. The van der Waals surface area contributed by atoms with Crippen LogP contribution in [0.25, 0.3) is 0 Å². The van der Waals surface area contributed by atoms with Crippen LogP contribution in [0.5, 0.6) is 0 Å². The predicted molar refractivity (Wildman–Crippen MR) is 19.2 cm³/mol. The summed E-state index contributed by atoms with van der Waals surface area (Å²) in [5, 5.41) is 0. The number of hydrogen-bond donors (Lipinski definition) is 3. The molecule has 0 unspecified atom stereocenters. The molecule has 0 spiro atoms. The van der Waals surface area contributed by atoms with E-state index in [0.717, 1.165) is 0 Å². The zero-order valence-corrected chi connectivity index (χ0v) is 11.3. The van der Waals surface area contributed by atoms with Crippen molar-refractivity contribution < 1.29 is 70.4 Å². The second-order valence-electron chi connectivity index (χ2n) is 1.47. The fourth-order valence-electron chi connectivity index (χ4n) is 0.237. The van der Waals surface area contributed by atoms with Crippen LogP contribution in [-0.4, -0.2) is 13.5 Å². The van der Waals surface area contributed by atoms with Crippen LogP contribution in [0.15, 0.2) is 0 Å². The molecule has 0 aromatic heterocycles. The van der Waals surface area contributed by atoms with E-state index in [9.17, 15) is 18.2 Å². The Morgan fingerprint density at radius 2 is 1.62 bits per heavy atom. The van der Waals surface area contributed by atoms with E-state index < -0.39 is 41.3 Å². The standard InChI is InChI=1S/Mo.H3O4P.H2O.5O.W/c;1-5(2,3)4;;;;;;;/h;(H3,1,2,3,4);1H2;;;;;;/q+1;;;;;;;;+1/p-2. The Morgan fingerprint density at radius 3 is 1.85 bits per heavy atom. The average molecular weight is 474 g/mol. The Morgan fingerprint density at radius 1 is 1.23 bits per heavy atom.